The fourth-order valence-corrected chi connectivity index (χ4v) is 4.02. The predicted octanol–water partition coefficient (Wildman–Crippen LogP) is 4.42. The first-order chi connectivity index (χ1) is 12.4. The van der Waals surface area contributed by atoms with Crippen molar-refractivity contribution in [3.63, 3.8) is 0 Å². The molecule has 142 valence electrons. The van der Waals surface area contributed by atoms with E-state index in [2.05, 4.69) is 67.2 Å². The van der Waals surface area contributed by atoms with Crippen LogP contribution >= 0.6 is 11.3 Å². The van der Waals surface area contributed by atoms with Gasteiger partial charge in [0.1, 0.15) is 4.88 Å². The van der Waals surface area contributed by atoms with Crippen LogP contribution in [0.1, 0.15) is 59.2 Å². The molecule has 0 aliphatic carbocycles. The summed E-state index contributed by atoms with van der Waals surface area (Å²) in [7, 11) is 0. The van der Waals surface area contributed by atoms with Gasteiger partial charge in [-0.25, -0.2) is 4.98 Å². The molecular formula is C21H31N3OS. The number of aryl methyl sites for hydroxylation is 1. The molecule has 1 aromatic carbocycles. The minimum Gasteiger partial charge on any atom is -0.347 e. The van der Waals surface area contributed by atoms with Gasteiger partial charge in [0.25, 0.3) is 5.91 Å². The summed E-state index contributed by atoms with van der Waals surface area (Å²) in [4.78, 5) is 20.1. The van der Waals surface area contributed by atoms with Crippen LogP contribution < -0.4 is 5.32 Å². The zero-order chi connectivity index (χ0) is 19.1. The Balaban J connectivity index is 1.92. The molecule has 5 heteroatoms. The van der Waals surface area contributed by atoms with E-state index in [1.807, 2.05) is 6.92 Å². The second-order valence-corrected chi connectivity index (χ2v) is 8.16. The number of hydrogen-bond acceptors (Lipinski definition) is 4. The van der Waals surface area contributed by atoms with Crippen LogP contribution in [0.4, 0.5) is 0 Å². The standard InChI is InChI=1S/C21H31N3OS/c1-6-24(7-2)14-18-10-8-17(9-11-18)13-22-21(25)20-16(5)23-19(26-20)12-15(3)4/h8-11,15H,6-7,12-14H2,1-5H3,(H,22,25). The Kier molecular flexibility index (Phi) is 7.79. The van der Waals surface area contributed by atoms with Gasteiger partial charge in [0.15, 0.2) is 0 Å². The first kappa shape index (κ1) is 20.6. The fourth-order valence-electron chi connectivity index (χ4n) is 2.83. The summed E-state index contributed by atoms with van der Waals surface area (Å²) in [6, 6.07) is 8.50. The molecule has 1 heterocycles. The van der Waals surface area contributed by atoms with Crippen LogP contribution in [0, 0.1) is 12.8 Å². The highest BCUT2D eigenvalue weighted by molar-refractivity contribution is 7.13. The molecule has 0 aliphatic heterocycles. The van der Waals surface area contributed by atoms with E-state index in [0.29, 0.717) is 12.5 Å². The van der Waals surface area contributed by atoms with Crippen molar-refractivity contribution in [3.8, 4) is 0 Å². The highest BCUT2D eigenvalue weighted by Crippen LogP contribution is 2.20. The molecule has 0 atom stereocenters. The van der Waals surface area contributed by atoms with Crippen molar-refractivity contribution in [2.45, 2.75) is 54.1 Å². The van der Waals surface area contributed by atoms with Crippen LogP contribution in [0.2, 0.25) is 0 Å². The number of nitrogens with one attached hydrogen (secondary N) is 1. The highest BCUT2D eigenvalue weighted by Gasteiger charge is 2.15. The van der Waals surface area contributed by atoms with Crippen LogP contribution in [0.3, 0.4) is 0 Å². The maximum atomic E-state index is 12.5. The molecule has 0 saturated heterocycles. The smallest absolute Gasteiger partial charge is 0.263 e. The van der Waals surface area contributed by atoms with E-state index in [9.17, 15) is 4.79 Å². The lowest BCUT2D eigenvalue weighted by Gasteiger charge is -2.18. The van der Waals surface area contributed by atoms with E-state index in [-0.39, 0.29) is 5.91 Å². The number of benzene rings is 1. The third-order valence-electron chi connectivity index (χ3n) is 4.41. The molecule has 2 aromatic rings. The minimum absolute atomic E-state index is 0.0257. The topological polar surface area (TPSA) is 45.2 Å². The summed E-state index contributed by atoms with van der Waals surface area (Å²) >= 11 is 1.52. The van der Waals surface area contributed by atoms with Crippen molar-refractivity contribution in [3.05, 3.63) is 51.0 Å². The molecule has 0 fully saturated rings. The van der Waals surface area contributed by atoms with Crippen molar-refractivity contribution >= 4 is 17.2 Å². The van der Waals surface area contributed by atoms with Crippen molar-refractivity contribution in [1.82, 2.24) is 15.2 Å². The van der Waals surface area contributed by atoms with Gasteiger partial charge in [-0.05, 0) is 37.1 Å². The third kappa shape index (κ3) is 5.92. The maximum Gasteiger partial charge on any atom is 0.263 e. The van der Waals surface area contributed by atoms with E-state index in [4.69, 9.17) is 0 Å². The second-order valence-electron chi connectivity index (χ2n) is 7.08. The summed E-state index contributed by atoms with van der Waals surface area (Å²) < 4.78 is 0. The van der Waals surface area contributed by atoms with Crippen molar-refractivity contribution in [1.29, 1.82) is 0 Å². The molecule has 1 aromatic heterocycles. The van der Waals surface area contributed by atoms with Crippen LogP contribution in [0.5, 0.6) is 0 Å². The number of aromatic nitrogens is 1. The van der Waals surface area contributed by atoms with Crippen molar-refractivity contribution < 1.29 is 4.79 Å². The lowest BCUT2D eigenvalue weighted by molar-refractivity contribution is 0.0954. The zero-order valence-electron chi connectivity index (χ0n) is 16.6. The highest BCUT2D eigenvalue weighted by atomic mass is 32.1. The minimum atomic E-state index is -0.0257. The van der Waals surface area contributed by atoms with Gasteiger partial charge in [0.05, 0.1) is 10.7 Å². The van der Waals surface area contributed by atoms with Crippen LogP contribution in [-0.4, -0.2) is 28.9 Å². The normalized spacial score (nSPS) is 11.3. The summed E-state index contributed by atoms with van der Waals surface area (Å²) in [5.41, 5.74) is 3.25. The van der Waals surface area contributed by atoms with Crippen LogP contribution in [-0.2, 0) is 19.5 Å². The van der Waals surface area contributed by atoms with E-state index >= 15 is 0 Å². The first-order valence-electron chi connectivity index (χ1n) is 9.47. The fraction of sp³-hybridized carbons (Fsp3) is 0.524. The van der Waals surface area contributed by atoms with Crippen molar-refractivity contribution in [2.75, 3.05) is 13.1 Å². The number of nitrogens with zero attached hydrogens (tertiary/aromatic N) is 2. The molecule has 0 unspecified atom stereocenters. The monoisotopic (exact) mass is 373 g/mol. The van der Waals surface area contributed by atoms with Crippen LogP contribution in [0.25, 0.3) is 0 Å². The van der Waals surface area contributed by atoms with E-state index in [1.54, 1.807) is 0 Å². The molecule has 0 bridgehead atoms. The molecule has 1 amide bonds. The van der Waals surface area contributed by atoms with Gasteiger partial charge in [0.2, 0.25) is 0 Å². The Hall–Kier alpha value is -1.72. The summed E-state index contributed by atoms with van der Waals surface area (Å²) in [6.07, 6.45) is 0.923. The van der Waals surface area contributed by atoms with Gasteiger partial charge in [-0.2, -0.15) is 0 Å². The van der Waals surface area contributed by atoms with Gasteiger partial charge >= 0.3 is 0 Å². The number of hydrogen-bond donors (Lipinski definition) is 1. The SMILES string of the molecule is CCN(CC)Cc1ccc(CNC(=O)c2sc(CC(C)C)nc2C)cc1. The first-order valence-corrected chi connectivity index (χ1v) is 10.3. The average Bonchev–Trinajstić information content (AvgIpc) is 2.98. The Morgan fingerprint density at radius 1 is 1.15 bits per heavy atom. The molecule has 2 rings (SSSR count). The third-order valence-corrected chi connectivity index (χ3v) is 5.59. The Labute approximate surface area is 161 Å². The largest absolute Gasteiger partial charge is 0.347 e. The Bertz CT molecular complexity index is 703. The molecule has 1 N–H and O–H groups in total. The zero-order valence-corrected chi connectivity index (χ0v) is 17.4. The molecule has 0 aliphatic rings. The van der Waals surface area contributed by atoms with Crippen molar-refractivity contribution in [2.24, 2.45) is 5.92 Å². The number of carbonyl (C=O) groups excluding carboxylic acids is 1. The molecule has 0 saturated carbocycles. The molecule has 0 radical (unpaired) electrons. The lowest BCUT2D eigenvalue weighted by Crippen LogP contribution is -2.23. The second kappa shape index (κ2) is 9.83. The maximum absolute atomic E-state index is 12.5. The quantitative estimate of drug-likeness (QED) is 0.707. The van der Waals surface area contributed by atoms with Gasteiger partial charge < -0.3 is 5.32 Å². The van der Waals surface area contributed by atoms with E-state index in [1.165, 1.54) is 16.9 Å². The van der Waals surface area contributed by atoms with Crippen LogP contribution in [0.15, 0.2) is 24.3 Å². The number of amides is 1. The van der Waals surface area contributed by atoms with E-state index in [0.717, 1.165) is 47.2 Å². The molecule has 26 heavy (non-hydrogen) atoms. The molecular weight excluding hydrogens is 342 g/mol. The summed E-state index contributed by atoms with van der Waals surface area (Å²) in [5, 5.41) is 4.07. The summed E-state index contributed by atoms with van der Waals surface area (Å²) in [5.74, 6) is 0.522. The Morgan fingerprint density at radius 2 is 1.77 bits per heavy atom. The lowest BCUT2D eigenvalue weighted by atomic mass is 10.1. The Morgan fingerprint density at radius 3 is 2.35 bits per heavy atom. The molecule has 4 nitrogen and oxygen atoms in total. The van der Waals surface area contributed by atoms with Gasteiger partial charge in [-0.15, -0.1) is 11.3 Å². The average molecular weight is 374 g/mol. The number of rotatable bonds is 9. The number of carbonyl (C=O) groups is 1. The molecule has 0 spiro atoms. The van der Waals surface area contributed by atoms with E-state index < -0.39 is 0 Å². The van der Waals surface area contributed by atoms with Gasteiger partial charge in [0, 0.05) is 19.5 Å². The van der Waals surface area contributed by atoms with Gasteiger partial charge in [-0.1, -0.05) is 52.0 Å². The number of thiazole rings is 1. The van der Waals surface area contributed by atoms with Gasteiger partial charge in [-0.3, -0.25) is 9.69 Å². The summed E-state index contributed by atoms with van der Waals surface area (Å²) in [6.45, 7) is 14.2. The predicted molar refractivity (Wildman–Crippen MR) is 110 cm³/mol.